The van der Waals surface area contributed by atoms with Gasteiger partial charge in [0.15, 0.2) is 0 Å². The predicted octanol–water partition coefficient (Wildman–Crippen LogP) is 4.63. The van der Waals surface area contributed by atoms with E-state index in [0.717, 1.165) is 36.3 Å². The zero-order valence-corrected chi connectivity index (χ0v) is 15.6. The molecule has 0 saturated carbocycles. The molecule has 0 bridgehead atoms. The minimum atomic E-state index is -4.36. The fourth-order valence-electron chi connectivity index (χ4n) is 3.81. The number of piperazine rings is 1. The first-order valence-electron chi connectivity index (χ1n) is 9.14. The van der Waals surface area contributed by atoms with Crippen LogP contribution in [-0.4, -0.2) is 35.1 Å². The second-order valence-electron chi connectivity index (χ2n) is 7.69. The van der Waals surface area contributed by atoms with E-state index in [0.29, 0.717) is 23.5 Å². The fraction of sp³-hybridized carbons (Fsp3) is 0.550. The molecule has 6 heteroatoms. The Morgan fingerprint density at radius 3 is 2.50 bits per heavy atom. The van der Waals surface area contributed by atoms with Gasteiger partial charge in [0.05, 0.1) is 22.8 Å². The van der Waals surface area contributed by atoms with Gasteiger partial charge < -0.3 is 5.32 Å². The van der Waals surface area contributed by atoms with Crippen molar-refractivity contribution in [2.75, 3.05) is 13.1 Å². The molecule has 2 heterocycles. The van der Waals surface area contributed by atoms with Crippen molar-refractivity contribution in [3.8, 4) is 0 Å². The van der Waals surface area contributed by atoms with Crippen molar-refractivity contribution in [2.45, 2.75) is 52.0 Å². The number of pyridine rings is 1. The molecule has 0 amide bonds. The van der Waals surface area contributed by atoms with Crippen molar-refractivity contribution in [1.82, 2.24) is 15.2 Å². The Balaban J connectivity index is 2.02. The summed E-state index contributed by atoms with van der Waals surface area (Å²) < 4.78 is 39.1. The maximum Gasteiger partial charge on any atom is 0.416 e. The summed E-state index contributed by atoms with van der Waals surface area (Å²) in [6.07, 6.45) is -4.36. The smallest absolute Gasteiger partial charge is 0.311 e. The van der Waals surface area contributed by atoms with E-state index < -0.39 is 11.7 Å². The van der Waals surface area contributed by atoms with Gasteiger partial charge in [-0.25, -0.2) is 0 Å². The van der Waals surface area contributed by atoms with Crippen molar-refractivity contribution in [3.05, 3.63) is 41.6 Å². The van der Waals surface area contributed by atoms with Crippen LogP contribution in [0, 0.1) is 5.92 Å². The monoisotopic (exact) mass is 365 g/mol. The predicted molar refractivity (Wildman–Crippen MR) is 98.0 cm³/mol. The molecule has 3 atom stereocenters. The van der Waals surface area contributed by atoms with Crippen LogP contribution in [0.1, 0.15) is 45.0 Å². The Hall–Kier alpha value is -1.66. The number of fused-ring (bicyclic) bond motifs is 1. The van der Waals surface area contributed by atoms with E-state index in [1.807, 2.05) is 12.1 Å². The number of hydrogen-bond donors (Lipinski definition) is 1. The average molecular weight is 365 g/mol. The third-order valence-corrected chi connectivity index (χ3v) is 5.15. The quantitative estimate of drug-likeness (QED) is 0.859. The maximum absolute atomic E-state index is 13.0. The molecule has 3 rings (SSSR count). The highest BCUT2D eigenvalue weighted by atomic mass is 19.4. The summed E-state index contributed by atoms with van der Waals surface area (Å²) in [5.41, 5.74) is 0.589. The number of benzene rings is 1. The van der Waals surface area contributed by atoms with Crippen LogP contribution in [0.3, 0.4) is 0 Å². The normalized spacial score (nSPS) is 23.5. The average Bonchev–Trinajstić information content (AvgIpc) is 2.56. The minimum Gasteiger partial charge on any atom is -0.311 e. The van der Waals surface area contributed by atoms with E-state index in [9.17, 15) is 13.2 Å². The lowest BCUT2D eigenvalue weighted by Crippen LogP contribution is -2.56. The number of aromatic nitrogens is 1. The van der Waals surface area contributed by atoms with Crippen LogP contribution in [0.15, 0.2) is 30.3 Å². The van der Waals surface area contributed by atoms with Crippen molar-refractivity contribution in [3.63, 3.8) is 0 Å². The van der Waals surface area contributed by atoms with Crippen LogP contribution in [0.2, 0.25) is 0 Å². The fourth-order valence-corrected chi connectivity index (χ4v) is 3.81. The molecule has 1 fully saturated rings. The SMILES string of the molecule is CC(C)C(c1ccc2ccc(C(F)(F)F)cc2n1)N1C[C@H](C)NC[C@H]1C. The van der Waals surface area contributed by atoms with Crippen molar-refractivity contribution < 1.29 is 13.2 Å². The van der Waals surface area contributed by atoms with Crippen molar-refractivity contribution >= 4 is 10.9 Å². The summed E-state index contributed by atoms with van der Waals surface area (Å²) in [6.45, 7) is 10.4. The number of nitrogens with one attached hydrogen (secondary N) is 1. The van der Waals surface area contributed by atoms with Gasteiger partial charge in [-0.05, 0) is 38.0 Å². The Labute approximate surface area is 152 Å². The second kappa shape index (κ2) is 7.16. The summed E-state index contributed by atoms with van der Waals surface area (Å²) in [5.74, 6) is 0.304. The first-order chi connectivity index (χ1) is 12.2. The molecule has 0 radical (unpaired) electrons. The van der Waals surface area contributed by atoms with Gasteiger partial charge in [0.25, 0.3) is 0 Å². The highest BCUT2D eigenvalue weighted by Gasteiger charge is 2.33. The van der Waals surface area contributed by atoms with E-state index in [1.165, 1.54) is 6.07 Å². The highest BCUT2D eigenvalue weighted by molar-refractivity contribution is 5.79. The Kier molecular flexibility index (Phi) is 5.26. The van der Waals surface area contributed by atoms with Crippen LogP contribution in [-0.2, 0) is 6.18 Å². The van der Waals surface area contributed by atoms with E-state index in [1.54, 1.807) is 0 Å². The summed E-state index contributed by atoms with van der Waals surface area (Å²) in [6, 6.07) is 8.40. The third-order valence-electron chi connectivity index (χ3n) is 5.15. The summed E-state index contributed by atoms with van der Waals surface area (Å²) in [4.78, 5) is 7.07. The van der Waals surface area contributed by atoms with Gasteiger partial charge >= 0.3 is 6.18 Å². The Morgan fingerprint density at radius 2 is 1.85 bits per heavy atom. The van der Waals surface area contributed by atoms with Crippen LogP contribution in [0.5, 0.6) is 0 Å². The van der Waals surface area contributed by atoms with Crippen LogP contribution in [0.25, 0.3) is 10.9 Å². The van der Waals surface area contributed by atoms with Crippen LogP contribution in [0.4, 0.5) is 13.2 Å². The van der Waals surface area contributed by atoms with Gasteiger partial charge in [0.2, 0.25) is 0 Å². The number of alkyl halides is 3. The summed E-state index contributed by atoms with van der Waals surface area (Å²) in [7, 11) is 0. The third kappa shape index (κ3) is 3.86. The van der Waals surface area contributed by atoms with Gasteiger partial charge in [-0.2, -0.15) is 13.2 Å². The van der Waals surface area contributed by atoms with Gasteiger partial charge in [0, 0.05) is 30.6 Å². The van der Waals surface area contributed by atoms with Crippen molar-refractivity contribution in [2.24, 2.45) is 5.92 Å². The van der Waals surface area contributed by atoms with Gasteiger partial charge in [-0.1, -0.05) is 26.0 Å². The maximum atomic E-state index is 13.0. The highest BCUT2D eigenvalue weighted by Crippen LogP contribution is 2.34. The topological polar surface area (TPSA) is 28.2 Å². The van der Waals surface area contributed by atoms with E-state index in [4.69, 9.17) is 0 Å². The molecule has 1 saturated heterocycles. The molecule has 0 spiro atoms. The first-order valence-corrected chi connectivity index (χ1v) is 9.14. The Morgan fingerprint density at radius 1 is 1.15 bits per heavy atom. The minimum absolute atomic E-state index is 0.0773. The molecule has 1 unspecified atom stereocenters. The van der Waals surface area contributed by atoms with E-state index in [2.05, 4.69) is 42.9 Å². The van der Waals surface area contributed by atoms with Crippen LogP contribution >= 0.6 is 0 Å². The number of rotatable bonds is 3. The second-order valence-corrected chi connectivity index (χ2v) is 7.69. The Bertz CT molecular complexity index is 772. The zero-order valence-electron chi connectivity index (χ0n) is 15.6. The lowest BCUT2D eigenvalue weighted by atomic mass is 9.94. The van der Waals surface area contributed by atoms with Crippen molar-refractivity contribution in [1.29, 1.82) is 0 Å². The lowest BCUT2D eigenvalue weighted by molar-refractivity contribution is -0.137. The van der Waals surface area contributed by atoms with Gasteiger partial charge in [-0.3, -0.25) is 9.88 Å². The molecule has 1 aliphatic rings. The molecular weight excluding hydrogens is 339 g/mol. The molecule has 1 aromatic heterocycles. The molecule has 1 aromatic carbocycles. The largest absolute Gasteiger partial charge is 0.416 e. The van der Waals surface area contributed by atoms with Crippen LogP contribution < -0.4 is 5.32 Å². The number of nitrogens with zero attached hydrogens (tertiary/aromatic N) is 2. The standard InChI is InChI=1S/C20H26F3N3/c1-12(2)19(26-11-13(3)24-10-14(26)4)17-8-6-15-5-7-16(20(21,22)23)9-18(15)25-17/h5-9,12-14,19,24H,10-11H2,1-4H3/t13-,14+,19?/m0/s1. The first kappa shape index (κ1) is 19.1. The molecular formula is C20H26F3N3. The van der Waals surface area contributed by atoms with E-state index in [-0.39, 0.29) is 6.04 Å². The molecule has 1 aliphatic heterocycles. The molecule has 2 aromatic rings. The zero-order chi connectivity index (χ0) is 19.1. The number of halogens is 3. The van der Waals surface area contributed by atoms with Gasteiger partial charge in [0.1, 0.15) is 0 Å². The molecule has 142 valence electrons. The molecule has 26 heavy (non-hydrogen) atoms. The van der Waals surface area contributed by atoms with E-state index >= 15 is 0 Å². The van der Waals surface area contributed by atoms with Gasteiger partial charge in [-0.15, -0.1) is 0 Å². The molecule has 1 N–H and O–H groups in total. The summed E-state index contributed by atoms with van der Waals surface area (Å²) >= 11 is 0. The summed E-state index contributed by atoms with van der Waals surface area (Å²) in [5, 5.41) is 4.20. The molecule has 0 aliphatic carbocycles. The molecule has 3 nitrogen and oxygen atoms in total. The lowest BCUT2D eigenvalue weighted by Gasteiger charge is -2.44. The number of hydrogen-bond acceptors (Lipinski definition) is 3.